The van der Waals surface area contributed by atoms with E-state index < -0.39 is 7.12 Å². The van der Waals surface area contributed by atoms with Crippen LogP contribution < -0.4 is 5.46 Å². The first-order chi connectivity index (χ1) is 9.72. The Labute approximate surface area is 117 Å². The molecule has 0 amide bonds. The summed E-state index contributed by atoms with van der Waals surface area (Å²) in [7, 11) is -1.45. The van der Waals surface area contributed by atoms with E-state index in [1.807, 2.05) is 35.1 Å². The third-order valence-corrected chi connectivity index (χ3v) is 3.35. The topological polar surface area (TPSA) is 58.3 Å². The zero-order chi connectivity index (χ0) is 13.9. The number of aryl methyl sites for hydroxylation is 2. The zero-order valence-electron chi connectivity index (χ0n) is 11.0. The Morgan fingerprint density at radius 1 is 1.05 bits per heavy atom. The van der Waals surface area contributed by atoms with Crippen molar-refractivity contribution in [3.05, 3.63) is 60.3 Å². The predicted molar refractivity (Wildman–Crippen MR) is 79.7 cm³/mol. The van der Waals surface area contributed by atoms with Crippen LogP contribution >= 0.6 is 0 Å². The Balaban J connectivity index is 1.79. The molecule has 0 aliphatic rings. The molecule has 0 bridgehead atoms. The van der Waals surface area contributed by atoms with Gasteiger partial charge in [-0.25, -0.2) is 0 Å². The quantitative estimate of drug-likeness (QED) is 0.691. The molecule has 2 N–H and O–H groups in total. The molecule has 0 fully saturated rings. The fraction of sp³-hybridized carbons (Fsp3) is 0.133. The molecule has 100 valence electrons. The van der Waals surface area contributed by atoms with Gasteiger partial charge in [0.1, 0.15) is 0 Å². The van der Waals surface area contributed by atoms with Gasteiger partial charge in [-0.05, 0) is 23.5 Å². The van der Waals surface area contributed by atoms with Gasteiger partial charge in [-0.15, -0.1) is 0 Å². The summed E-state index contributed by atoms with van der Waals surface area (Å²) >= 11 is 0. The molecule has 0 spiro atoms. The molecule has 0 aliphatic heterocycles. The summed E-state index contributed by atoms with van der Waals surface area (Å²) < 4.78 is 1.89. The van der Waals surface area contributed by atoms with E-state index in [1.165, 1.54) is 5.56 Å². The summed E-state index contributed by atoms with van der Waals surface area (Å²) in [6.07, 6.45) is 2.90. The van der Waals surface area contributed by atoms with Gasteiger partial charge in [0.2, 0.25) is 0 Å². The van der Waals surface area contributed by atoms with Gasteiger partial charge < -0.3 is 10.0 Å². The predicted octanol–water partition coefficient (Wildman–Crippen LogP) is 0.959. The summed E-state index contributed by atoms with van der Waals surface area (Å²) in [5.74, 6) is 0. The highest BCUT2D eigenvalue weighted by Gasteiger charge is 2.12. The third kappa shape index (κ3) is 2.74. The maximum atomic E-state index is 9.16. The number of aromatic nitrogens is 2. The number of benzene rings is 2. The standard InChI is InChI=1S/C15H15BN2O2/c19-16(20)14-7-6-13-11-18(17-15(13)10-14)9-8-12-4-2-1-3-5-12/h1-7,10-11,19-20H,8-9H2. The Bertz CT molecular complexity index is 710. The Kier molecular flexibility index (Phi) is 3.54. The molecule has 0 unspecified atom stereocenters. The summed E-state index contributed by atoms with van der Waals surface area (Å²) in [5.41, 5.74) is 2.52. The van der Waals surface area contributed by atoms with Gasteiger partial charge in [-0.3, -0.25) is 4.68 Å². The largest absolute Gasteiger partial charge is 0.488 e. The zero-order valence-corrected chi connectivity index (χ0v) is 11.0. The second-order valence-electron chi connectivity index (χ2n) is 4.82. The minimum Gasteiger partial charge on any atom is -0.423 e. The molecule has 2 aromatic carbocycles. The fourth-order valence-corrected chi connectivity index (χ4v) is 2.25. The first-order valence-corrected chi connectivity index (χ1v) is 6.59. The van der Waals surface area contributed by atoms with Crippen LogP contribution in [0, 0.1) is 0 Å². The van der Waals surface area contributed by atoms with Crippen LogP contribution in [0.1, 0.15) is 5.56 Å². The molecular weight excluding hydrogens is 251 g/mol. The van der Waals surface area contributed by atoms with Crippen LogP contribution in [0.5, 0.6) is 0 Å². The van der Waals surface area contributed by atoms with Crippen molar-refractivity contribution in [2.75, 3.05) is 0 Å². The molecule has 0 saturated heterocycles. The normalized spacial score (nSPS) is 10.9. The van der Waals surface area contributed by atoms with Crippen molar-refractivity contribution < 1.29 is 10.0 Å². The average Bonchev–Trinajstić information content (AvgIpc) is 2.88. The van der Waals surface area contributed by atoms with Crippen LogP contribution in [0.4, 0.5) is 0 Å². The van der Waals surface area contributed by atoms with E-state index in [0.717, 1.165) is 23.9 Å². The van der Waals surface area contributed by atoms with Gasteiger partial charge in [-0.2, -0.15) is 5.10 Å². The molecule has 0 saturated carbocycles. The second kappa shape index (κ2) is 5.49. The van der Waals surface area contributed by atoms with E-state index in [1.54, 1.807) is 12.1 Å². The molecule has 20 heavy (non-hydrogen) atoms. The van der Waals surface area contributed by atoms with Crippen LogP contribution in [0.3, 0.4) is 0 Å². The maximum absolute atomic E-state index is 9.16. The summed E-state index contributed by atoms with van der Waals surface area (Å²) in [6.45, 7) is 0.801. The SMILES string of the molecule is OB(O)c1ccc2cn(CCc3ccccc3)nc2c1. The highest BCUT2D eigenvalue weighted by Crippen LogP contribution is 2.11. The lowest BCUT2D eigenvalue weighted by atomic mass is 9.80. The van der Waals surface area contributed by atoms with E-state index in [9.17, 15) is 0 Å². The molecule has 0 aliphatic carbocycles. The smallest absolute Gasteiger partial charge is 0.423 e. The van der Waals surface area contributed by atoms with Crippen molar-refractivity contribution in [3.63, 3.8) is 0 Å². The number of rotatable bonds is 4. The highest BCUT2D eigenvalue weighted by atomic mass is 16.4. The van der Waals surface area contributed by atoms with E-state index >= 15 is 0 Å². The molecular formula is C15H15BN2O2. The molecule has 4 nitrogen and oxygen atoms in total. The minimum atomic E-state index is -1.45. The molecule has 3 aromatic rings. The van der Waals surface area contributed by atoms with Crippen molar-refractivity contribution in [2.24, 2.45) is 0 Å². The van der Waals surface area contributed by atoms with Gasteiger partial charge in [0, 0.05) is 18.1 Å². The van der Waals surface area contributed by atoms with Gasteiger partial charge in [0.25, 0.3) is 0 Å². The molecule has 1 heterocycles. The summed E-state index contributed by atoms with van der Waals surface area (Å²) in [6, 6.07) is 15.5. The molecule has 5 heteroatoms. The van der Waals surface area contributed by atoms with E-state index in [-0.39, 0.29) is 0 Å². The maximum Gasteiger partial charge on any atom is 0.488 e. The van der Waals surface area contributed by atoms with Gasteiger partial charge in [0.05, 0.1) is 5.52 Å². The van der Waals surface area contributed by atoms with Gasteiger partial charge in [0.15, 0.2) is 0 Å². The van der Waals surface area contributed by atoms with E-state index in [0.29, 0.717) is 5.46 Å². The van der Waals surface area contributed by atoms with Crippen molar-refractivity contribution in [1.29, 1.82) is 0 Å². The van der Waals surface area contributed by atoms with Crippen LogP contribution in [-0.2, 0) is 13.0 Å². The minimum absolute atomic E-state index is 0.464. The van der Waals surface area contributed by atoms with Crippen LogP contribution in [0.2, 0.25) is 0 Å². The van der Waals surface area contributed by atoms with Crippen molar-refractivity contribution >= 4 is 23.5 Å². The van der Waals surface area contributed by atoms with E-state index in [4.69, 9.17) is 10.0 Å². The number of nitrogens with zero attached hydrogens (tertiary/aromatic N) is 2. The van der Waals surface area contributed by atoms with Crippen molar-refractivity contribution in [2.45, 2.75) is 13.0 Å². The summed E-state index contributed by atoms with van der Waals surface area (Å²) in [4.78, 5) is 0. The average molecular weight is 266 g/mol. The number of hydrogen-bond donors (Lipinski definition) is 2. The molecule has 3 rings (SSSR count). The Hall–Kier alpha value is -2.11. The highest BCUT2D eigenvalue weighted by molar-refractivity contribution is 6.58. The monoisotopic (exact) mass is 266 g/mol. The lowest BCUT2D eigenvalue weighted by Gasteiger charge is -2.01. The lowest BCUT2D eigenvalue weighted by molar-refractivity contribution is 0.426. The van der Waals surface area contributed by atoms with Crippen molar-refractivity contribution in [3.8, 4) is 0 Å². The number of hydrogen-bond acceptors (Lipinski definition) is 3. The first kappa shape index (κ1) is 12.9. The lowest BCUT2D eigenvalue weighted by Crippen LogP contribution is -2.29. The molecule has 1 aromatic heterocycles. The van der Waals surface area contributed by atoms with Crippen molar-refractivity contribution in [1.82, 2.24) is 9.78 Å². The van der Waals surface area contributed by atoms with Crippen LogP contribution in [0.15, 0.2) is 54.7 Å². The molecule has 0 atom stereocenters. The van der Waals surface area contributed by atoms with Crippen LogP contribution in [-0.4, -0.2) is 26.9 Å². The van der Waals surface area contributed by atoms with Gasteiger partial charge >= 0.3 is 7.12 Å². The number of fused-ring (bicyclic) bond motifs is 1. The first-order valence-electron chi connectivity index (χ1n) is 6.59. The van der Waals surface area contributed by atoms with Gasteiger partial charge in [-0.1, -0.05) is 42.5 Å². The third-order valence-electron chi connectivity index (χ3n) is 3.35. The Morgan fingerprint density at radius 2 is 1.85 bits per heavy atom. The van der Waals surface area contributed by atoms with Crippen LogP contribution in [0.25, 0.3) is 10.9 Å². The molecule has 0 radical (unpaired) electrons. The fourth-order valence-electron chi connectivity index (χ4n) is 2.25. The second-order valence-corrected chi connectivity index (χ2v) is 4.82. The van der Waals surface area contributed by atoms with E-state index in [2.05, 4.69) is 17.2 Å². The Morgan fingerprint density at radius 3 is 2.60 bits per heavy atom. The summed E-state index contributed by atoms with van der Waals surface area (Å²) in [5, 5.41) is 23.8.